The Balaban J connectivity index is 1.73. The van der Waals surface area contributed by atoms with E-state index in [0.717, 1.165) is 23.8 Å². The minimum Gasteiger partial charge on any atom is -0.507 e. The summed E-state index contributed by atoms with van der Waals surface area (Å²) < 4.78 is 12.3. The van der Waals surface area contributed by atoms with Crippen LogP contribution in [0.1, 0.15) is 28.4 Å². The molecule has 0 atom stereocenters. The van der Waals surface area contributed by atoms with E-state index in [2.05, 4.69) is 33.1 Å². The van der Waals surface area contributed by atoms with E-state index in [1.807, 2.05) is 0 Å². The molecule has 0 radical (unpaired) electrons. The van der Waals surface area contributed by atoms with E-state index in [9.17, 15) is 30.1 Å². The lowest BCUT2D eigenvalue weighted by Crippen LogP contribution is -2.18. The maximum Gasteiger partial charge on any atom is 0.275 e. The van der Waals surface area contributed by atoms with Gasteiger partial charge in [-0.25, -0.2) is 5.43 Å². The standard InChI is InChI=1S/C23H19IN4O8/c1-2-35-21-10-15(12-25-26-23(30)18-11-17(28(33)34)7-8-20(18)29)9-19(24)22(21)36-13-14-3-5-16(6-4-14)27(31)32/h3-12,29H,2,13H2,1H3,(H,26,30)/b25-12-. The van der Waals surface area contributed by atoms with Crippen molar-refractivity contribution in [2.24, 2.45) is 5.10 Å². The highest BCUT2D eigenvalue weighted by Gasteiger charge is 2.16. The molecule has 36 heavy (non-hydrogen) atoms. The number of carbonyl (C=O) groups excluding carboxylic acids is 1. The van der Waals surface area contributed by atoms with Gasteiger partial charge in [0.1, 0.15) is 12.4 Å². The normalized spacial score (nSPS) is 10.7. The highest BCUT2D eigenvalue weighted by molar-refractivity contribution is 14.1. The molecule has 3 aromatic carbocycles. The summed E-state index contributed by atoms with van der Waals surface area (Å²) in [7, 11) is 0. The van der Waals surface area contributed by atoms with Crippen LogP contribution in [0.5, 0.6) is 17.2 Å². The van der Waals surface area contributed by atoms with Crippen molar-refractivity contribution in [1.82, 2.24) is 5.43 Å². The minimum absolute atomic E-state index is 0.0141. The Labute approximate surface area is 218 Å². The first kappa shape index (κ1) is 26.3. The molecule has 0 aliphatic carbocycles. The van der Waals surface area contributed by atoms with Gasteiger partial charge in [-0.1, -0.05) is 0 Å². The van der Waals surface area contributed by atoms with Crippen molar-refractivity contribution in [3.63, 3.8) is 0 Å². The van der Waals surface area contributed by atoms with E-state index in [4.69, 9.17) is 9.47 Å². The number of halogens is 1. The van der Waals surface area contributed by atoms with Gasteiger partial charge < -0.3 is 14.6 Å². The first-order valence-electron chi connectivity index (χ1n) is 10.3. The van der Waals surface area contributed by atoms with Gasteiger partial charge in [-0.05, 0) is 71.0 Å². The Bertz CT molecular complexity index is 1330. The lowest BCUT2D eigenvalue weighted by atomic mass is 10.1. The number of hydrazone groups is 1. The molecule has 186 valence electrons. The van der Waals surface area contributed by atoms with Gasteiger partial charge >= 0.3 is 0 Å². The summed E-state index contributed by atoms with van der Waals surface area (Å²) >= 11 is 2.06. The van der Waals surface area contributed by atoms with Crippen LogP contribution < -0.4 is 14.9 Å². The van der Waals surface area contributed by atoms with Crippen LogP contribution in [0.3, 0.4) is 0 Å². The van der Waals surface area contributed by atoms with Crippen LogP contribution in [0.15, 0.2) is 59.7 Å². The zero-order valence-electron chi connectivity index (χ0n) is 18.7. The predicted octanol–water partition coefficient (Wildman–Crippen LogP) is 4.55. The summed E-state index contributed by atoms with van der Waals surface area (Å²) in [5.74, 6) is -0.347. The molecule has 1 amide bonds. The second-order valence-electron chi connectivity index (χ2n) is 7.13. The van der Waals surface area contributed by atoms with Gasteiger partial charge in [-0.15, -0.1) is 0 Å². The third-order valence-electron chi connectivity index (χ3n) is 4.68. The third-order valence-corrected chi connectivity index (χ3v) is 5.48. The van der Waals surface area contributed by atoms with E-state index in [0.29, 0.717) is 27.2 Å². The average molecular weight is 606 g/mol. The maximum absolute atomic E-state index is 12.3. The van der Waals surface area contributed by atoms with Gasteiger partial charge in [0, 0.05) is 24.3 Å². The average Bonchev–Trinajstić information content (AvgIpc) is 2.84. The summed E-state index contributed by atoms with van der Waals surface area (Å²) in [6, 6.07) is 12.5. The number of nitrogens with zero attached hydrogens (tertiary/aromatic N) is 3. The molecular weight excluding hydrogens is 587 g/mol. The summed E-state index contributed by atoms with van der Waals surface area (Å²) in [4.78, 5) is 32.9. The molecule has 0 aromatic heterocycles. The molecular formula is C23H19IN4O8. The Kier molecular flexibility index (Phi) is 8.72. The van der Waals surface area contributed by atoms with Crippen LogP contribution in [0.2, 0.25) is 0 Å². The highest BCUT2D eigenvalue weighted by Crippen LogP contribution is 2.34. The van der Waals surface area contributed by atoms with Crippen LogP contribution in [0.25, 0.3) is 0 Å². The fraction of sp³-hybridized carbons (Fsp3) is 0.130. The Morgan fingerprint density at radius 3 is 2.36 bits per heavy atom. The zero-order valence-corrected chi connectivity index (χ0v) is 20.9. The van der Waals surface area contributed by atoms with Gasteiger partial charge in [-0.2, -0.15) is 5.10 Å². The molecule has 0 saturated heterocycles. The van der Waals surface area contributed by atoms with Crippen LogP contribution in [-0.4, -0.2) is 33.7 Å². The van der Waals surface area contributed by atoms with Gasteiger partial charge in [0.15, 0.2) is 11.5 Å². The summed E-state index contributed by atoms with van der Waals surface area (Å²) in [6.07, 6.45) is 1.34. The number of non-ortho nitro benzene ring substituents is 2. The molecule has 0 spiro atoms. The fourth-order valence-electron chi connectivity index (χ4n) is 2.98. The van der Waals surface area contributed by atoms with E-state index in [-0.39, 0.29) is 23.5 Å². The predicted molar refractivity (Wildman–Crippen MR) is 138 cm³/mol. The third kappa shape index (κ3) is 6.65. The second kappa shape index (κ2) is 11.9. The number of nitro benzene ring substituents is 2. The number of benzene rings is 3. The van der Waals surface area contributed by atoms with Gasteiger partial charge in [0.2, 0.25) is 0 Å². The quantitative estimate of drug-likeness (QED) is 0.147. The molecule has 0 unspecified atom stereocenters. The van der Waals surface area contributed by atoms with Crippen molar-refractivity contribution < 1.29 is 29.2 Å². The number of carbonyl (C=O) groups is 1. The highest BCUT2D eigenvalue weighted by atomic mass is 127. The number of hydrogen-bond acceptors (Lipinski definition) is 9. The molecule has 0 bridgehead atoms. The second-order valence-corrected chi connectivity index (χ2v) is 8.30. The summed E-state index contributed by atoms with van der Waals surface area (Å²) in [5.41, 5.74) is 2.87. The van der Waals surface area contributed by atoms with Crippen molar-refractivity contribution in [1.29, 1.82) is 0 Å². The molecule has 0 saturated carbocycles. The minimum atomic E-state index is -0.824. The van der Waals surface area contributed by atoms with Crippen LogP contribution >= 0.6 is 22.6 Å². The number of amides is 1. The molecule has 0 aliphatic heterocycles. The van der Waals surface area contributed by atoms with E-state index in [1.165, 1.54) is 18.3 Å². The topological polar surface area (TPSA) is 166 Å². The van der Waals surface area contributed by atoms with Crippen molar-refractivity contribution in [3.8, 4) is 17.2 Å². The number of nitro groups is 2. The number of phenols is 1. The molecule has 0 heterocycles. The van der Waals surface area contributed by atoms with Crippen LogP contribution in [-0.2, 0) is 6.61 Å². The Morgan fingerprint density at radius 1 is 1.06 bits per heavy atom. The van der Waals surface area contributed by atoms with Crippen molar-refractivity contribution in [2.75, 3.05) is 6.61 Å². The van der Waals surface area contributed by atoms with Crippen molar-refractivity contribution in [2.45, 2.75) is 13.5 Å². The summed E-state index contributed by atoms with van der Waals surface area (Å²) in [5, 5.41) is 35.4. The zero-order chi connectivity index (χ0) is 26.2. The molecule has 0 aliphatic rings. The molecule has 3 rings (SSSR count). The molecule has 2 N–H and O–H groups in total. The first-order valence-corrected chi connectivity index (χ1v) is 11.4. The Hall–Kier alpha value is -4.27. The van der Waals surface area contributed by atoms with Gasteiger partial charge in [0.25, 0.3) is 17.3 Å². The van der Waals surface area contributed by atoms with E-state index < -0.39 is 21.5 Å². The van der Waals surface area contributed by atoms with Crippen LogP contribution in [0.4, 0.5) is 11.4 Å². The number of hydrogen-bond donors (Lipinski definition) is 2. The number of nitrogens with one attached hydrogen (secondary N) is 1. The van der Waals surface area contributed by atoms with Gasteiger partial charge in [0.05, 0.1) is 31.8 Å². The SMILES string of the molecule is CCOc1cc(/C=N\NC(=O)c2cc([N+](=O)[O-])ccc2O)cc(I)c1OCc1ccc([N+](=O)[O-])cc1. The fourth-order valence-corrected chi connectivity index (χ4v) is 3.76. The van der Waals surface area contributed by atoms with E-state index in [1.54, 1.807) is 31.2 Å². The molecule has 3 aromatic rings. The van der Waals surface area contributed by atoms with Gasteiger partial charge in [-0.3, -0.25) is 25.0 Å². The monoisotopic (exact) mass is 606 g/mol. The smallest absolute Gasteiger partial charge is 0.275 e. The van der Waals surface area contributed by atoms with Crippen molar-refractivity contribution in [3.05, 3.63) is 95.1 Å². The molecule has 12 nitrogen and oxygen atoms in total. The number of ether oxygens (including phenoxy) is 2. The number of phenolic OH excluding ortho intramolecular Hbond substituents is 1. The number of rotatable bonds is 10. The van der Waals surface area contributed by atoms with E-state index >= 15 is 0 Å². The van der Waals surface area contributed by atoms with Crippen LogP contribution in [0, 0.1) is 23.8 Å². The lowest BCUT2D eigenvalue weighted by Gasteiger charge is -2.14. The molecule has 0 fully saturated rings. The molecule has 13 heteroatoms. The number of aromatic hydroxyl groups is 1. The largest absolute Gasteiger partial charge is 0.507 e. The maximum atomic E-state index is 12.3. The lowest BCUT2D eigenvalue weighted by molar-refractivity contribution is -0.385. The summed E-state index contributed by atoms with van der Waals surface area (Å²) in [6.45, 7) is 2.32. The Morgan fingerprint density at radius 2 is 1.72 bits per heavy atom. The first-order chi connectivity index (χ1) is 17.2. The van der Waals surface area contributed by atoms with Crippen molar-refractivity contribution >= 4 is 46.1 Å².